The molecule has 0 bridgehead atoms. The van der Waals surface area contributed by atoms with Gasteiger partial charge in [-0.3, -0.25) is 44.2 Å². The highest BCUT2D eigenvalue weighted by atomic mass is 19.1. The van der Waals surface area contributed by atoms with Crippen molar-refractivity contribution in [1.29, 1.82) is 0 Å². The molecule has 66 heavy (non-hydrogen) atoms. The van der Waals surface area contributed by atoms with Crippen LogP contribution in [0.5, 0.6) is 0 Å². The number of aromatic amines is 1. The van der Waals surface area contributed by atoms with E-state index >= 15 is 0 Å². The van der Waals surface area contributed by atoms with Crippen LogP contribution in [0.4, 0.5) is 31.7 Å². The van der Waals surface area contributed by atoms with Crippen LogP contribution in [0.1, 0.15) is 80.7 Å². The molecule has 0 aliphatic carbocycles. The third-order valence-corrected chi connectivity index (χ3v) is 13.6. The van der Waals surface area contributed by atoms with Gasteiger partial charge in [-0.1, -0.05) is 6.07 Å². The highest BCUT2D eigenvalue weighted by Gasteiger charge is 2.45. The van der Waals surface area contributed by atoms with Crippen molar-refractivity contribution in [1.82, 2.24) is 25.3 Å². The van der Waals surface area contributed by atoms with Crippen LogP contribution in [0.25, 0.3) is 10.9 Å². The van der Waals surface area contributed by atoms with Crippen molar-refractivity contribution >= 4 is 63.3 Å². The molecule has 2 unspecified atom stereocenters. The van der Waals surface area contributed by atoms with Crippen LogP contribution in [0.3, 0.4) is 0 Å². The van der Waals surface area contributed by atoms with Crippen molar-refractivity contribution in [2.75, 3.05) is 79.5 Å². The second kappa shape index (κ2) is 18.3. The first-order valence-electron chi connectivity index (χ1n) is 22.8. The van der Waals surface area contributed by atoms with Gasteiger partial charge in [0, 0.05) is 100 Å². The highest BCUT2D eigenvalue weighted by molar-refractivity contribution is 6.23. The van der Waals surface area contributed by atoms with Gasteiger partial charge in [-0.2, -0.15) is 5.10 Å². The molecule has 0 saturated carbocycles. The molecule has 2 atom stereocenters. The fraction of sp³-hybridized carbons (Fsp3) is 0.388. The molecule has 342 valence electrons. The monoisotopic (exact) mass is 899 g/mol. The Morgan fingerprint density at radius 3 is 2.32 bits per heavy atom. The molecular formula is C49H51F2N9O6. The zero-order valence-electron chi connectivity index (χ0n) is 36.4. The number of nitrogens with one attached hydrogen (secondary N) is 4. The number of rotatable bonds is 11. The molecule has 5 aromatic rings. The Morgan fingerprint density at radius 1 is 0.773 bits per heavy atom. The number of benzene rings is 4. The van der Waals surface area contributed by atoms with E-state index < -0.39 is 41.3 Å². The Morgan fingerprint density at radius 2 is 1.53 bits per heavy atom. The second-order valence-corrected chi connectivity index (χ2v) is 18.0. The number of nitrogens with zero attached hydrogens (tertiary/aromatic N) is 5. The second-order valence-electron chi connectivity index (χ2n) is 18.0. The van der Waals surface area contributed by atoms with Gasteiger partial charge in [0.25, 0.3) is 17.7 Å². The molecule has 5 amide bonds. The molecule has 4 fully saturated rings. The first kappa shape index (κ1) is 43.2. The summed E-state index contributed by atoms with van der Waals surface area (Å²) < 4.78 is 33.5. The van der Waals surface area contributed by atoms with Crippen LogP contribution in [0.15, 0.2) is 72.8 Å². The van der Waals surface area contributed by atoms with Gasteiger partial charge in [-0.05, 0) is 116 Å². The molecule has 6 heterocycles. The largest absolute Gasteiger partial charge is 0.381 e. The van der Waals surface area contributed by atoms with Crippen LogP contribution < -0.4 is 25.8 Å². The summed E-state index contributed by atoms with van der Waals surface area (Å²) >= 11 is 0. The van der Waals surface area contributed by atoms with Gasteiger partial charge in [0.1, 0.15) is 17.7 Å². The number of hydrogen-bond donors (Lipinski definition) is 4. The fourth-order valence-corrected chi connectivity index (χ4v) is 10.2. The molecule has 1 aromatic heterocycles. The van der Waals surface area contributed by atoms with Crippen LogP contribution in [-0.4, -0.2) is 121 Å². The number of carbonyl (C=O) groups is 5. The molecule has 4 saturated heterocycles. The van der Waals surface area contributed by atoms with E-state index in [1.807, 2.05) is 36.4 Å². The Balaban J connectivity index is 0.782. The molecule has 4 aromatic carbocycles. The summed E-state index contributed by atoms with van der Waals surface area (Å²) in [5.74, 6) is -2.85. The highest BCUT2D eigenvalue weighted by Crippen LogP contribution is 2.34. The Hall–Kier alpha value is -6.72. The molecular weight excluding hydrogens is 849 g/mol. The standard InChI is InChI=1S/C49H51F2N9O6/c50-32-21-31(22-33(51)24-32)20-29-3-8-41-40(23-29)45(56-55-41)54-46(62)38-7-5-36(26-42(38)52-34-11-18-66-19-12-34)58-16-14-57(15-17-58)27-30-2-1-13-59(28-30)35-4-6-37-39(25-35)49(65)60(48(37)64)43-9-10-44(61)53-47(43)63/h3-8,21-26,30,34,43,52H,1-2,9-20,27-28H2,(H,53,61,63)(H2,54,55,56,62). The molecule has 4 N–H and O–H groups in total. The quantitative estimate of drug-likeness (QED) is 0.120. The van der Waals surface area contributed by atoms with Crippen LogP contribution >= 0.6 is 0 Å². The van der Waals surface area contributed by atoms with E-state index in [1.165, 1.54) is 12.1 Å². The van der Waals surface area contributed by atoms with E-state index in [4.69, 9.17) is 4.74 Å². The normalized spacial score (nSPS) is 20.8. The van der Waals surface area contributed by atoms with Crippen molar-refractivity contribution in [2.24, 2.45) is 5.92 Å². The number of imide groups is 2. The maximum atomic E-state index is 14.1. The average molecular weight is 900 g/mol. The number of H-pyrrole nitrogens is 1. The smallest absolute Gasteiger partial charge is 0.262 e. The summed E-state index contributed by atoms with van der Waals surface area (Å²) in [4.78, 5) is 73.3. The van der Waals surface area contributed by atoms with Gasteiger partial charge in [0.2, 0.25) is 11.8 Å². The molecule has 0 radical (unpaired) electrons. The average Bonchev–Trinajstić information content (AvgIpc) is 3.82. The minimum atomic E-state index is -0.997. The Bertz CT molecular complexity index is 2710. The first-order chi connectivity index (χ1) is 32.0. The third-order valence-electron chi connectivity index (χ3n) is 13.6. The minimum Gasteiger partial charge on any atom is -0.381 e. The van der Waals surface area contributed by atoms with Crippen LogP contribution in [0.2, 0.25) is 0 Å². The number of ether oxygens (including phenoxy) is 1. The summed E-state index contributed by atoms with van der Waals surface area (Å²) in [6, 6.07) is 19.5. The fourth-order valence-electron chi connectivity index (χ4n) is 10.2. The maximum absolute atomic E-state index is 14.1. The van der Waals surface area contributed by atoms with Gasteiger partial charge >= 0.3 is 0 Å². The number of piperidine rings is 2. The predicted molar refractivity (Wildman–Crippen MR) is 244 cm³/mol. The Kier molecular flexibility index (Phi) is 12.0. The summed E-state index contributed by atoms with van der Waals surface area (Å²) in [5.41, 5.74) is 5.72. The molecule has 0 spiro atoms. The van der Waals surface area contributed by atoms with Gasteiger partial charge in [-0.25, -0.2) is 8.78 Å². The number of hydrogen-bond acceptors (Lipinski definition) is 11. The van der Waals surface area contributed by atoms with Crippen LogP contribution in [-0.2, 0) is 20.7 Å². The molecule has 10 rings (SSSR count). The maximum Gasteiger partial charge on any atom is 0.262 e. The molecule has 5 aliphatic heterocycles. The number of anilines is 4. The summed E-state index contributed by atoms with van der Waals surface area (Å²) in [6.45, 7) is 7.23. The number of piperazine rings is 1. The zero-order chi connectivity index (χ0) is 45.5. The van der Waals surface area contributed by atoms with Gasteiger partial charge in [0.15, 0.2) is 5.82 Å². The van der Waals surface area contributed by atoms with Gasteiger partial charge in [-0.15, -0.1) is 0 Å². The van der Waals surface area contributed by atoms with Crippen molar-refractivity contribution in [2.45, 2.75) is 57.0 Å². The van der Waals surface area contributed by atoms with E-state index in [9.17, 15) is 32.8 Å². The van der Waals surface area contributed by atoms with E-state index in [0.29, 0.717) is 59.0 Å². The molecule has 17 heteroatoms. The van der Waals surface area contributed by atoms with Crippen molar-refractivity contribution in [3.05, 3.63) is 112 Å². The molecule has 15 nitrogen and oxygen atoms in total. The van der Waals surface area contributed by atoms with E-state index in [0.717, 1.165) is 105 Å². The summed E-state index contributed by atoms with van der Waals surface area (Å²) in [6.07, 6.45) is 4.21. The van der Waals surface area contributed by atoms with Gasteiger partial charge < -0.3 is 25.2 Å². The van der Waals surface area contributed by atoms with E-state index in [1.54, 1.807) is 12.1 Å². The van der Waals surface area contributed by atoms with Crippen molar-refractivity contribution in [3.8, 4) is 0 Å². The van der Waals surface area contributed by atoms with E-state index in [-0.39, 0.29) is 30.4 Å². The van der Waals surface area contributed by atoms with Crippen molar-refractivity contribution in [3.63, 3.8) is 0 Å². The van der Waals surface area contributed by atoms with Crippen molar-refractivity contribution < 1.29 is 37.5 Å². The number of amides is 5. The lowest BCUT2D eigenvalue weighted by molar-refractivity contribution is -0.136. The van der Waals surface area contributed by atoms with Gasteiger partial charge in [0.05, 0.1) is 22.2 Å². The first-order valence-corrected chi connectivity index (χ1v) is 22.8. The topological polar surface area (TPSA) is 172 Å². The lowest BCUT2D eigenvalue weighted by atomic mass is 9.96. The third kappa shape index (κ3) is 8.96. The number of fused-ring (bicyclic) bond motifs is 2. The summed E-state index contributed by atoms with van der Waals surface area (Å²) in [7, 11) is 0. The lowest BCUT2D eigenvalue weighted by Crippen LogP contribution is -2.54. The molecule has 5 aliphatic rings. The lowest BCUT2D eigenvalue weighted by Gasteiger charge is -2.40. The summed E-state index contributed by atoms with van der Waals surface area (Å²) in [5, 5.41) is 17.0. The van der Waals surface area contributed by atoms with E-state index in [2.05, 4.69) is 46.9 Å². The minimum absolute atomic E-state index is 0.0756. The number of aromatic nitrogens is 2. The predicted octanol–water partition coefficient (Wildman–Crippen LogP) is 5.71. The zero-order valence-corrected chi connectivity index (χ0v) is 36.4. The number of halogens is 2. The Labute approximate surface area is 379 Å². The number of carbonyl (C=O) groups excluding carboxylic acids is 5. The SMILES string of the molecule is O=C1CCC(N2C(=O)c3ccc(N4CCCC(CN5CCN(c6ccc(C(=O)Nc7n[nH]c8ccc(Cc9cc(F)cc(F)c9)cc78)c(NC7CCOCC7)c6)CC5)C4)cc3C2=O)C(=O)N1. The van der Waals surface area contributed by atoms with Crippen LogP contribution in [0, 0.1) is 17.6 Å².